The van der Waals surface area contributed by atoms with Gasteiger partial charge in [-0.05, 0) is 76.9 Å². The zero-order valence-electron chi connectivity index (χ0n) is 18.7. The normalized spacial score (nSPS) is 11.0. The second-order valence-electron chi connectivity index (χ2n) is 8.45. The minimum atomic E-state index is 0.915. The predicted molar refractivity (Wildman–Crippen MR) is 127 cm³/mol. The van der Waals surface area contributed by atoms with E-state index in [1.807, 2.05) is 6.20 Å². The van der Waals surface area contributed by atoms with Crippen LogP contribution >= 0.6 is 0 Å². The Balaban J connectivity index is 2.00. The fraction of sp³-hybridized carbons (Fsp3) is 0.214. The van der Waals surface area contributed by atoms with Crippen molar-refractivity contribution in [3.63, 3.8) is 0 Å². The van der Waals surface area contributed by atoms with E-state index >= 15 is 0 Å². The van der Waals surface area contributed by atoms with Crippen LogP contribution in [0.5, 0.6) is 0 Å². The van der Waals surface area contributed by atoms with Crippen molar-refractivity contribution in [2.24, 2.45) is 0 Å². The molecule has 2 heteroatoms. The summed E-state index contributed by atoms with van der Waals surface area (Å²) in [5, 5.41) is 0. The van der Waals surface area contributed by atoms with Crippen LogP contribution in [-0.2, 0) is 0 Å². The Hall–Kier alpha value is -3.26. The first kappa shape index (κ1) is 20.0. The molecule has 0 aliphatic heterocycles. The highest BCUT2D eigenvalue weighted by atomic mass is 14.8. The molecule has 150 valence electrons. The average Bonchev–Trinajstić information content (AvgIpc) is 2.68. The van der Waals surface area contributed by atoms with E-state index in [0.29, 0.717) is 0 Å². The molecular weight excluding hydrogens is 364 g/mol. The van der Waals surface area contributed by atoms with Crippen LogP contribution in [0.25, 0.3) is 33.8 Å². The average molecular weight is 393 g/mol. The van der Waals surface area contributed by atoms with Crippen molar-refractivity contribution in [3.05, 3.63) is 94.2 Å². The van der Waals surface area contributed by atoms with Crippen molar-refractivity contribution < 1.29 is 0 Å². The summed E-state index contributed by atoms with van der Waals surface area (Å²) in [6.07, 6.45) is 1.92. The number of benzene rings is 3. The lowest BCUT2D eigenvalue weighted by Gasteiger charge is -2.14. The van der Waals surface area contributed by atoms with Crippen LogP contribution < -0.4 is 0 Å². The van der Waals surface area contributed by atoms with E-state index in [1.54, 1.807) is 0 Å². The Kier molecular flexibility index (Phi) is 5.26. The van der Waals surface area contributed by atoms with Crippen molar-refractivity contribution in [1.82, 2.24) is 9.97 Å². The van der Waals surface area contributed by atoms with Crippen molar-refractivity contribution in [3.8, 4) is 33.8 Å². The molecule has 0 fully saturated rings. The SMILES string of the molecule is Cc1cc(C)cc(-c2ncc(-c3cccc(C)c3C)nc2-c2cc(C)cc(C)c2)c1. The predicted octanol–water partition coefficient (Wildman–Crippen LogP) is 7.33. The molecule has 0 atom stereocenters. The van der Waals surface area contributed by atoms with Crippen molar-refractivity contribution >= 4 is 0 Å². The zero-order valence-corrected chi connectivity index (χ0v) is 18.7. The van der Waals surface area contributed by atoms with E-state index < -0.39 is 0 Å². The molecule has 30 heavy (non-hydrogen) atoms. The molecule has 0 radical (unpaired) electrons. The van der Waals surface area contributed by atoms with E-state index in [9.17, 15) is 0 Å². The first-order valence-corrected chi connectivity index (χ1v) is 10.4. The molecule has 0 saturated carbocycles. The van der Waals surface area contributed by atoms with Gasteiger partial charge in [0.05, 0.1) is 23.3 Å². The van der Waals surface area contributed by atoms with Crippen LogP contribution in [0, 0.1) is 41.5 Å². The fourth-order valence-electron chi connectivity index (χ4n) is 4.18. The molecule has 0 aliphatic carbocycles. The fourth-order valence-corrected chi connectivity index (χ4v) is 4.18. The number of hydrogen-bond donors (Lipinski definition) is 0. The van der Waals surface area contributed by atoms with Gasteiger partial charge in [0, 0.05) is 16.7 Å². The Morgan fingerprint density at radius 2 is 1.13 bits per heavy atom. The Morgan fingerprint density at radius 1 is 0.600 bits per heavy atom. The van der Waals surface area contributed by atoms with Gasteiger partial charge in [-0.25, -0.2) is 4.98 Å². The molecule has 0 aliphatic rings. The maximum atomic E-state index is 5.17. The van der Waals surface area contributed by atoms with E-state index in [2.05, 4.69) is 96.1 Å². The van der Waals surface area contributed by atoms with Gasteiger partial charge in [0.25, 0.3) is 0 Å². The first-order valence-electron chi connectivity index (χ1n) is 10.4. The summed E-state index contributed by atoms with van der Waals surface area (Å²) in [5.41, 5.74) is 13.6. The Bertz CT molecular complexity index is 1210. The quantitative estimate of drug-likeness (QED) is 0.365. The number of rotatable bonds is 3. The maximum Gasteiger partial charge on any atom is 0.0972 e. The minimum absolute atomic E-state index is 0.915. The monoisotopic (exact) mass is 392 g/mol. The van der Waals surface area contributed by atoms with Gasteiger partial charge in [-0.3, -0.25) is 4.98 Å². The van der Waals surface area contributed by atoms with Gasteiger partial charge in [-0.2, -0.15) is 0 Å². The highest BCUT2D eigenvalue weighted by Gasteiger charge is 2.16. The molecule has 0 bridgehead atoms. The van der Waals surface area contributed by atoms with E-state index in [1.165, 1.54) is 33.4 Å². The molecular formula is C28H28N2. The summed E-state index contributed by atoms with van der Waals surface area (Å²) in [6, 6.07) is 19.6. The van der Waals surface area contributed by atoms with Crippen LogP contribution in [0.3, 0.4) is 0 Å². The van der Waals surface area contributed by atoms with Gasteiger partial charge in [-0.15, -0.1) is 0 Å². The first-order chi connectivity index (χ1) is 14.3. The summed E-state index contributed by atoms with van der Waals surface area (Å²) in [7, 11) is 0. The lowest BCUT2D eigenvalue weighted by molar-refractivity contribution is 1.19. The van der Waals surface area contributed by atoms with Gasteiger partial charge < -0.3 is 0 Å². The largest absolute Gasteiger partial charge is 0.252 e. The third-order valence-electron chi connectivity index (χ3n) is 5.64. The van der Waals surface area contributed by atoms with Gasteiger partial charge >= 0.3 is 0 Å². The third kappa shape index (κ3) is 3.91. The van der Waals surface area contributed by atoms with Crippen LogP contribution in [0.15, 0.2) is 60.8 Å². The summed E-state index contributed by atoms with van der Waals surface area (Å²) in [6.45, 7) is 12.8. The maximum absolute atomic E-state index is 5.17. The zero-order chi connectivity index (χ0) is 21.4. The second kappa shape index (κ2) is 7.87. The Morgan fingerprint density at radius 3 is 1.70 bits per heavy atom. The standard InChI is InChI=1S/C28H28N2/c1-17-10-18(2)13-23(12-17)27-28(24-14-19(3)11-20(4)15-24)30-26(16-29-27)25-9-7-8-21(5)22(25)6/h7-16H,1-6H3. The molecule has 3 aromatic carbocycles. The van der Waals surface area contributed by atoms with Crippen molar-refractivity contribution in [2.45, 2.75) is 41.5 Å². The second-order valence-corrected chi connectivity index (χ2v) is 8.45. The Labute approximate surface area is 179 Å². The molecule has 2 nitrogen and oxygen atoms in total. The van der Waals surface area contributed by atoms with Gasteiger partial charge in [-0.1, -0.05) is 52.6 Å². The van der Waals surface area contributed by atoms with Gasteiger partial charge in [0.2, 0.25) is 0 Å². The highest BCUT2D eigenvalue weighted by molar-refractivity contribution is 5.81. The van der Waals surface area contributed by atoms with Crippen molar-refractivity contribution in [1.29, 1.82) is 0 Å². The van der Waals surface area contributed by atoms with Gasteiger partial charge in [0.1, 0.15) is 0 Å². The molecule has 1 heterocycles. The number of aromatic nitrogens is 2. The highest BCUT2D eigenvalue weighted by Crippen LogP contribution is 2.34. The molecule has 0 unspecified atom stereocenters. The van der Waals surface area contributed by atoms with Crippen LogP contribution in [-0.4, -0.2) is 9.97 Å². The van der Waals surface area contributed by atoms with Crippen LogP contribution in [0.1, 0.15) is 33.4 Å². The summed E-state index contributed by atoms with van der Waals surface area (Å²) >= 11 is 0. The summed E-state index contributed by atoms with van der Waals surface area (Å²) in [5.74, 6) is 0. The van der Waals surface area contributed by atoms with E-state index in [-0.39, 0.29) is 0 Å². The molecule has 0 amide bonds. The third-order valence-corrected chi connectivity index (χ3v) is 5.64. The smallest absolute Gasteiger partial charge is 0.0972 e. The van der Waals surface area contributed by atoms with Gasteiger partial charge in [0.15, 0.2) is 0 Å². The summed E-state index contributed by atoms with van der Waals surface area (Å²) in [4.78, 5) is 10.1. The molecule has 0 N–H and O–H groups in total. The molecule has 4 aromatic rings. The van der Waals surface area contributed by atoms with E-state index in [0.717, 1.165) is 33.8 Å². The van der Waals surface area contributed by atoms with E-state index in [4.69, 9.17) is 9.97 Å². The number of hydrogen-bond acceptors (Lipinski definition) is 2. The molecule has 4 rings (SSSR count). The van der Waals surface area contributed by atoms with Crippen LogP contribution in [0.4, 0.5) is 0 Å². The lowest BCUT2D eigenvalue weighted by atomic mass is 9.97. The topological polar surface area (TPSA) is 25.8 Å². The minimum Gasteiger partial charge on any atom is -0.252 e. The van der Waals surface area contributed by atoms with Crippen LogP contribution in [0.2, 0.25) is 0 Å². The molecule has 0 saturated heterocycles. The number of nitrogens with zero attached hydrogens (tertiary/aromatic N) is 2. The lowest BCUT2D eigenvalue weighted by Crippen LogP contribution is -1.99. The molecule has 0 spiro atoms. The van der Waals surface area contributed by atoms with Crippen molar-refractivity contribution in [2.75, 3.05) is 0 Å². The summed E-state index contributed by atoms with van der Waals surface area (Å²) < 4.78 is 0. The number of aryl methyl sites for hydroxylation is 5. The molecule has 1 aromatic heterocycles.